The predicted octanol–water partition coefficient (Wildman–Crippen LogP) is 3.35. The molecule has 33 heavy (non-hydrogen) atoms. The van der Waals surface area contributed by atoms with Crippen molar-refractivity contribution in [1.82, 2.24) is 19.2 Å². The van der Waals surface area contributed by atoms with E-state index in [1.165, 1.54) is 16.7 Å². The van der Waals surface area contributed by atoms with Crippen LogP contribution in [0, 0.1) is 25.6 Å². The van der Waals surface area contributed by atoms with Gasteiger partial charge < -0.3 is 9.88 Å². The number of hydrogen-bond acceptors (Lipinski definition) is 4. The molecule has 0 atom stereocenters. The number of piperidine rings is 1. The summed E-state index contributed by atoms with van der Waals surface area (Å²) in [5, 5.41) is 2.86. The fourth-order valence-corrected chi connectivity index (χ4v) is 5.87. The monoisotopic (exact) mass is 470 g/mol. The molecule has 3 aromatic rings. The normalized spacial score (nSPS) is 15.5. The number of carbonyl (C=O) groups is 1. The van der Waals surface area contributed by atoms with E-state index < -0.39 is 15.8 Å². The van der Waals surface area contributed by atoms with Crippen molar-refractivity contribution < 1.29 is 17.6 Å². The van der Waals surface area contributed by atoms with Gasteiger partial charge in [-0.25, -0.2) is 17.8 Å². The van der Waals surface area contributed by atoms with E-state index in [-0.39, 0.29) is 18.4 Å². The average Bonchev–Trinajstić information content (AvgIpc) is 3.32. The van der Waals surface area contributed by atoms with Crippen LogP contribution in [0.1, 0.15) is 29.5 Å². The van der Waals surface area contributed by atoms with Crippen LogP contribution in [0.4, 0.5) is 4.39 Å². The molecule has 1 aliphatic heterocycles. The zero-order chi connectivity index (χ0) is 23.6. The lowest BCUT2D eigenvalue weighted by molar-refractivity contribution is -0.126. The van der Waals surface area contributed by atoms with E-state index in [1.54, 1.807) is 48.1 Å². The van der Waals surface area contributed by atoms with Crippen LogP contribution in [-0.2, 0) is 21.4 Å². The fraction of sp³-hybridized carbons (Fsp3) is 0.333. The SMILES string of the molecule is Cc1ccc(S(=O)(=O)N2CCC(C(=O)NCc3ccc(-n4ccnc4)c(F)c3)CC2)c(C)c1. The maximum absolute atomic E-state index is 14.4. The minimum Gasteiger partial charge on any atom is -0.352 e. The fourth-order valence-electron chi connectivity index (χ4n) is 4.19. The Morgan fingerprint density at radius 3 is 2.55 bits per heavy atom. The highest BCUT2D eigenvalue weighted by Crippen LogP contribution is 2.26. The minimum absolute atomic E-state index is 0.141. The van der Waals surface area contributed by atoms with Gasteiger partial charge in [0.05, 0.1) is 16.9 Å². The van der Waals surface area contributed by atoms with Gasteiger partial charge in [-0.1, -0.05) is 23.8 Å². The van der Waals surface area contributed by atoms with Crippen LogP contribution in [0.25, 0.3) is 5.69 Å². The van der Waals surface area contributed by atoms with Gasteiger partial charge in [0.1, 0.15) is 5.82 Å². The Balaban J connectivity index is 1.33. The number of amides is 1. The van der Waals surface area contributed by atoms with Crippen molar-refractivity contribution in [2.75, 3.05) is 13.1 Å². The third-order valence-corrected chi connectivity index (χ3v) is 8.09. The molecule has 0 radical (unpaired) electrons. The smallest absolute Gasteiger partial charge is 0.243 e. The molecule has 1 saturated heterocycles. The molecule has 0 saturated carbocycles. The molecule has 1 fully saturated rings. The molecular weight excluding hydrogens is 443 g/mol. The highest BCUT2D eigenvalue weighted by Gasteiger charge is 2.32. The molecule has 174 valence electrons. The molecular formula is C24H27FN4O3S. The Kier molecular flexibility index (Phi) is 6.62. The van der Waals surface area contributed by atoms with E-state index in [1.807, 2.05) is 13.0 Å². The zero-order valence-electron chi connectivity index (χ0n) is 18.7. The summed E-state index contributed by atoms with van der Waals surface area (Å²) in [4.78, 5) is 16.9. The van der Waals surface area contributed by atoms with Crippen molar-refractivity contribution in [3.63, 3.8) is 0 Å². The number of benzene rings is 2. The summed E-state index contributed by atoms with van der Waals surface area (Å²) in [6, 6.07) is 10.1. The molecule has 1 N–H and O–H groups in total. The maximum Gasteiger partial charge on any atom is 0.243 e. The van der Waals surface area contributed by atoms with E-state index in [0.717, 1.165) is 11.1 Å². The van der Waals surface area contributed by atoms with Crippen LogP contribution >= 0.6 is 0 Å². The van der Waals surface area contributed by atoms with Gasteiger partial charge >= 0.3 is 0 Å². The lowest BCUT2D eigenvalue weighted by Crippen LogP contribution is -2.43. The van der Waals surface area contributed by atoms with Gasteiger partial charge in [0.15, 0.2) is 0 Å². The van der Waals surface area contributed by atoms with Crippen molar-refractivity contribution in [1.29, 1.82) is 0 Å². The number of sulfonamides is 1. The molecule has 0 unspecified atom stereocenters. The van der Waals surface area contributed by atoms with Gasteiger partial charge in [0.25, 0.3) is 0 Å². The largest absolute Gasteiger partial charge is 0.352 e. The molecule has 1 aromatic heterocycles. The first kappa shape index (κ1) is 23.1. The first-order valence-corrected chi connectivity index (χ1v) is 12.3. The number of imidazole rings is 1. The Hall–Kier alpha value is -3.04. The number of halogens is 1. The molecule has 4 rings (SSSR count). The molecule has 7 nitrogen and oxygen atoms in total. The van der Waals surface area contributed by atoms with Crippen LogP contribution in [0.3, 0.4) is 0 Å². The zero-order valence-corrected chi connectivity index (χ0v) is 19.5. The van der Waals surface area contributed by atoms with E-state index in [0.29, 0.717) is 42.1 Å². The van der Waals surface area contributed by atoms with Gasteiger partial charge in [-0.3, -0.25) is 4.79 Å². The van der Waals surface area contributed by atoms with Crippen LogP contribution in [-0.4, -0.2) is 41.3 Å². The van der Waals surface area contributed by atoms with Crippen molar-refractivity contribution in [3.05, 3.63) is 77.6 Å². The molecule has 1 amide bonds. The Labute approximate surface area is 193 Å². The number of aryl methyl sites for hydroxylation is 2. The number of aromatic nitrogens is 2. The van der Waals surface area contributed by atoms with Crippen LogP contribution in [0.5, 0.6) is 0 Å². The van der Waals surface area contributed by atoms with E-state index >= 15 is 0 Å². The minimum atomic E-state index is -3.59. The highest BCUT2D eigenvalue weighted by atomic mass is 32.2. The summed E-state index contributed by atoms with van der Waals surface area (Å²) in [5.41, 5.74) is 2.78. The second-order valence-electron chi connectivity index (χ2n) is 8.42. The predicted molar refractivity (Wildman–Crippen MR) is 123 cm³/mol. The van der Waals surface area contributed by atoms with Crippen molar-refractivity contribution in [2.45, 2.75) is 38.1 Å². The van der Waals surface area contributed by atoms with Gasteiger partial charge in [-0.2, -0.15) is 4.31 Å². The van der Waals surface area contributed by atoms with Gasteiger partial charge in [0.2, 0.25) is 15.9 Å². The lowest BCUT2D eigenvalue weighted by atomic mass is 9.97. The molecule has 0 aliphatic carbocycles. The third kappa shape index (κ3) is 4.99. The van der Waals surface area contributed by atoms with Gasteiger partial charge in [-0.05, 0) is 56.0 Å². The molecule has 0 spiro atoms. The van der Waals surface area contributed by atoms with Gasteiger partial charge in [-0.15, -0.1) is 0 Å². The van der Waals surface area contributed by atoms with E-state index in [2.05, 4.69) is 10.3 Å². The Morgan fingerprint density at radius 2 is 1.91 bits per heavy atom. The number of rotatable bonds is 6. The first-order chi connectivity index (χ1) is 15.8. The summed E-state index contributed by atoms with van der Waals surface area (Å²) in [5.74, 6) is -0.812. The Bertz CT molecular complexity index is 1250. The van der Waals surface area contributed by atoms with E-state index in [9.17, 15) is 17.6 Å². The number of nitrogens with zero attached hydrogens (tertiary/aromatic N) is 3. The number of hydrogen-bond donors (Lipinski definition) is 1. The second kappa shape index (κ2) is 9.44. The van der Waals surface area contributed by atoms with Crippen molar-refractivity contribution in [2.24, 2.45) is 5.92 Å². The second-order valence-corrected chi connectivity index (χ2v) is 10.3. The van der Waals surface area contributed by atoms with E-state index in [4.69, 9.17) is 0 Å². The molecule has 2 aromatic carbocycles. The summed E-state index contributed by atoms with van der Waals surface area (Å²) < 4.78 is 43.5. The van der Waals surface area contributed by atoms with Crippen LogP contribution in [0.15, 0.2) is 60.0 Å². The molecule has 1 aliphatic rings. The van der Waals surface area contributed by atoms with Crippen LogP contribution < -0.4 is 5.32 Å². The average molecular weight is 471 g/mol. The topological polar surface area (TPSA) is 84.3 Å². The lowest BCUT2D eigenvalue weighted by Gasteiger charge is -2.31. The van der Waals surface area contributed by atoms with Crippen molar-refractivity contribution >= 4 is 15.9 Å². The number of nitrogens with one attached hydrogen (secondary N) is 1. The summed E-state index contributed by atoms with van der Waals surface area (Å²) in [6.07, 6.45) is 5.65. The number of carbonyl (C=O) groups excluding carboxylic acids is 1. The molecule has 9 heteroatoms. The Morgan fingerprint density at radius 1 is 1.15 bits per heavy atom. The molecule has 0 bridgehead atoms. The van der Waals surface area contributed by atoms with Gasteiger partial charge in [0, 0.05) is 37.9 Å². The molecule has 2 heterocycles. The maximum atomic E-state index is 14.4. The summed E-state index contributed by atoms with van der Waals surface area (Å²) >= 11 is 0. The third-order valence-electron chi connectivity index (χ3n) is 6.03. The summed E-state index contributed by atoms with van der Waals surface area (Å²) in [7, 11) is -3.59. The van der Waals surface area contributed by atoms with Crippen LogP contribution in [0.2, 0.25) is 0 Å². The quantitative estimate of drug-likeness (QED) is 0.599. The van der Waals surface area contributed by atoms with Crippen molar-refractivity contribution in [3.8, 4) is 5.69 Å². The first-order valence-electron chi connectivity index (χ1n) is 10.9. The summed E-state index contributed by atoms with van der Waals surface area (Å²) in [6.45, 7) is 4.52. The standard InChI is InChI=1S/C24H27FN4O3S/c1-17-3-6-23(18(2)13-17)33(31,32)29-10-7-20(8-11-29)24(30)27-15-19-4-5-22(21(25)14-19)28-12-9-26-16-28/h3-6,9,12-14,16,20H,7-8,10-11,15H2,1-2H3,(H,27,30). The highest BCUT2D eigenvalue weighted by molar-refractivity contribution is 7.89.